The van der Waals surface area contributed by atoms with Gasteiger partial charge in [0.1, 0.15) is 0 Å². The molecule has 0 aromatic rings. The minimum atomic E-state index is -0.503. The maximum atomic E-state index is 10.4. The van der Waals surface area contributed by atoms with E-state index in [4.69, 9.17) is 10.5 Å². The molecular weight excluding hydrogens is 196 g/mol. The lowest BCUT2D eigenvalue weighted by molar-refractivity contribution is -0.117. The van der Waals surface area contributed by atoms with Crippen LogP contribution >= 0.6 is 0 Å². The smallest absolute Gasteiger partial charge is 0.218 e. The van der Waals surface area contributed by atoms with Gasteiger partial charge in [-0.2, -0.15) is 0 Å². The van der Waals surface area contributed by atoms with Gasteiger partial charge in [0.25, 0.3) is 0 Å². The van der Waals surface area contributed by atoms with E-state index in [0.29, 0.717) is 26.1 Å². The number of nitrogens with one attached hydrogen (secondary N) is 1. The summed E-state index contributed by atoms with van der Waals surface area (Å²) >= 11 is 0. The SMILES string of the molecule is NC(=O)CCNCC(O)COCC1CC1. The van der Waals surface area contributed by atoms with E-state index in [1.807, 2.05) is 0 Å². The highest BCUT2D eigenvalue weighted by atomic mass is 16.5. The number of aliphatic hydroxyl groups is 1. The Morgan fingerprint density at radius 3 is 2.93 bits per heavy atom. The second-order valence-electron chi connectivity index (χ2n) is 4.06. The fourth-order valence-electron chi connectivity index (χ4n) is 1.19. The number of carbonyl (C=O) groups excluding carboxylic acids is 1. The maximum absolute atomic E-state index is 10.4. The molecule has 0 saturated heterocycles. The minimum Gasteiger partial charge on any atom is -0.389 e. The molecule has 1 aliphatic rings. The fraction of sp³-hybridized carbons (Fsp3) is 0.900. The summed E-state index contributed by atoms with van der Waals surface area (Å²) in [4.78, 5) is 10.4. The Labute approximate surface area is 90.0 Å². The Morgan fingerprint density at radius 1 is 1.60 bits per heavy atom. The molecule has 1 rings (SSSR count). The molecule has 0 spiro atoms. The fourth-order valence-corrected chi connectivity index (χ4v) is 1.19. The van der Waals surface area contributed by atoms with Crippen molar-refractivity contribution in [2.24, 2.45) is 11.7 Å². The molecule has 5 nitrogen and oxygen atoms in total. The number of nitrogens with two attached hydrogens (primary N) is 1. The molecule has 1 atom stereocenters. The molecule has 1 unspecified atom stereocenters. The number of aliphatic hydroxyl groups excluding tert-OH is 1. The third-order valence-corrected chi connectivity index (χ3v) is 2.29. The van der Waals surface area contributed by atoms with Crippen LogP contribution in [0.25, 0.3) is 0 Å². The molecule has 1 saturated carbocycles. The summed E-state index contributed by atoms with van der Waals surface area (Å²) in [6.07, 6.45) is 2.31. The van der Waals surface area contributed by atoms with E-state index in [1.54, 1.807) is 0 Å². The Morgan fingerprint density at radius 2 is 2.33 bits per heavy atom. The van der Waals surface area contributed by atoms with Crippen molar-refractivity contribution in [1.29, 1.82) is 0 Å². The van der Waals surface area contributed by atoms with Gasteiger partial charge in [-0.15, -0.1) is 0 Å². The first-order valence-electron chi connectivity index (χ1n) is 5.43. The quantitative estimate of drug-likeness (QED) is 0.442. The van der Waals surface area contributed by atoms with Gasteiger partial charge in [0.15, 0.2) is 0 Å². The van der Waals surface area contributed by atoms with Gasteiger partial charge in [-0.3, -0.25) is 4.79 Å². The minimum absolute atomic E-state index is 0.301. The van der Waals surface area contributed by atoms with Crippen LogP contribution in [0, 0.1) is 5.92 Å². The Kier molecular flexibility index (Phi) is 5.60. The van der Waals surface area contributed by atoms with Crippen LogP contribution in [-0.4, -0.2) is 43.4 Å². The van der Waals surface area contributed by atoms with Crippen molar-refractivity contribution >= 4 is 5.91 Å². The summed E-state index contributed by atoms with van der Waals surface area (Å²) < 4.78 is 5.32. The molecule has 0 aromatic heterocycles. The zero-order chi connectivity index (χ0) is 11.1. The summed E-state index contributed by atoms with van der Waals surface area (Å²) in [5, 5.41) is 12.4. The van der Waals surface area contributed by atoms with E-state index in [0.717, 1.165) is 12.5 Å². The third-order valence-electron chi connectivity index (χ3n) is 2.29. The Balaban J connectivity index is 1.83. The highest BCUT2D eigenvalue weighted by molar-refractivity contribution is 5.73. The first-order valence-corrected chi connectivity index (χ1v) is 5.43. The van der Waals surface area contributed by atoms with Crippen molar-refractivity contribution < 1.29 is 14.6 Å². The van der Waals surface area contributed by atoms with Crippen LogP contribution in [-0.2, 0) is 9.53 Å². The van der Waals surface area contributed by atoms with Gasteiger partial charge in [0.2, 0.25) is 5.91 Å². The van der Waals surface area contributed by atoms with E-state index in [9.17, 15) is 9.90 Å². The molecule has 0 bridgehead atoms. The van der Waals surface area contributed by atoms with Gasteiger partial charge >= 0.3 is 0 Å². The van der Waals surface area contributed by atoms with Crippen molar-refractivity contribution in [2.45, 2.75) is 25.4 Å². The second kappa shape index (κ2) is 6.76. The molecule has 0 aromatic carbocycles. The molecule has 15 heavy (non-hydrogen) atoms. The van der Waals surface area contributed by atoms with E-state index in [1.165, 1.54) is 12.8 Å². The predicted molar refractivity (Wildman–Crippen MR) is 56.2 cm³/mol. The molecular formula is C10H20N2O3. The van der Waals surface area contributed by atoms with E-state index in [-0.39, 0.29) is 5.91 Å². The summed E-state index contributed by atoms with van der Waals surface area (Å²) in [5.74, 6) is 0.391. The average molecular weight is 216 g/mol. The monoisotopic (exact) mass is 216 g/mol. The van der Waals surface area contributed by atoms with Gasteiger partial charge < -0.3 is 20.9 Å². The Hall–Kier alpha value is -0.650. The van der Waals surface area contributed by atoms with Crippen molar-refractivity contribution in [3.63, 3.8) is 0 Å². The van der Waals surface area contributed by atoms with Gasteiger partial charge in [0.05, 0.1) is 12.7 Å². The summed E-state index contributed by atoms with van der Waals surface area (Å²) in [5.41, 5.74) is 4.96. The number of ether oxygens (including phenoxy) is 1. The first kappa shape index (κ1) is 12.4. The molecule has 1 fully saturated rings. The molecule has 88 valence electrons. The van der Waals surface area contributed by atoms with Crippen molar-refractivity contribution in [3.8, 4) is 0 Å². The molecule has 4 N–H and O–H groups in total. The molecule has 0 aliphatic heterocycles. The zero-order valence-corrected chi connectivity index (χ0v) is 8.95. The number of primary amides is 1. The summed E-state index contributed by atoms with van der Waals surface area (Å²) in [7, 11) is 0. The van der Waals surface area contributed by atoms with E-state index >= 15 is 0 Å². The van der Waals surface area contributed by atoms with Crippen molar-refractivity contribution in [1.82, 2.24) is 5.32 Å². The second-order valence-corrected chi connectivity index (χ2v) is 4.06. The number of carbonyl (C=O) groups is 1. The normalized spacial score (nSPS) is 17.7. The maximum Gasteiger partial charge on any atom is 0.218 e. The van der Waals surface area contributed by atoms with Gasteiger partial charge in [-0.25, -0.2) is 0 Å². The van der Waals surface area contributed by atoms with Crippen molar-refractivity contribution in [3.05, 3.63) is 0 Å². The molecule has 1 amide bonds. The van der Waals surface area contributed by atoms with Crippen LogP contribution in [0.1, 0.15) is 19.3 Å². The number of hydrogen-bond donors (Lipinski definition) is 3. The highest BCUT2D eigenvalue weighted by Crippen LogP contribution is 2.28. The largest absolute Gasteiger partial charge is 0.389 e. The van der Waals surface area contributed by atoms with E-state index < -0.39 is 6.10 Å². The van der Waals surface area contributed by atoms with E-state index in [2.05, 4.69) is 5.32 Å². The predicted octanol–water partition coefficient (Wildman–Crippen LogP) is -0.761. The van der Waals surface area contributed by atoms with Gasteiger partial charge in [0, 0.05) is 26.1 Å². The van der Waals surface area contributed by atoms with Gasteiger partial charge in [-0.05, 0) is 18.8 Å². The molecule has 0 heterocycles. The third kappa shape index (κ3) is 7.30. The lowest BCUT2D eigenvalue weighted by Gasteiger charge is -2.11. The van der Waals surface area contributed by atoms with Gasteiger partial charge in [-0.1, -0.05) is 0 Å². The molecule has 0 radical (unpaired) electrons. The van der Waals surface area contributed by atoms with Crippen LogP contribution in [0.15, 0.2) is 0 Å². The lowest BCUT2D eigenvalue weighted by atomic mass is 10.3. The standard InChI is InChI=1S/C10H20N2O3/c11-10(14)3-4-12-5-9(13)7-15-6-8-1-2-8/h8-9,12-13H,1-7H2,(H2,11,14). The zero-order valence-electron chi connectivity index (χ0n) is 8.95. The average Bonchev–Trinajstić information content (AvgIpc) is 2.96. The summed E-state index contributed by atoms with van der Waals surface area (Å²) in [6.45, 7) is 2.07. The van der Waals surface area contributed by atoms with Crippen LogP contribution in [0.3, 0.4) is 0 Å². The topological polar surface area (TPSA) is 84.6 Å². The molecule has 5 heteroatoms. The number of rotatable bonds is 9. The summed E-state index contributed by atoms with van der Waals surface area (Å²) in [6, 6.07) is 0. The van der Waals surface area contributed by atoms with Crippen LogP contribution in [0.5, 0.6) is 0 Å². The van der Waals surface area contributed by atoms with Crippen LogP contribution in [0.2, 0.25) is 0 Å². The Bertz CT molecular complexity index is 195. The number of hydrogen-bond acceptors (Lipinski definition) is 4. The molecule has 1 aliphatic carbocycles. The van der Waals surface area contributed by atoms with Crippen molar-refractivity contribution in [2.75, 3.05) is 26.3 Å². The number of amides is 1. The lowest BCUT2D eigenvalue weighted by Crippen LogP contribution is -2.32. The highest BCUT2D eigenvalue weighted by Gasteiger charge is 2.21. The van der Waals surface area contributed by atoms with Crippen LogP contribution in [0.4, 0.5) is 0 Å². The van der Waals surface area contributed by atoms with Crippen LogP contribution < -0.4 is 11.1 Å². The first-order chi connectivity index (χ1) is 7.18.